The lowest BCUT2D eigenvalue weighted by Gasteiger charge is -1.81. The second kappa shape index (κ2) is 7.28. The van der Waals surface area contributed by atoms with Gasteiger partial charge >= 0.3 is 0 Å². The summed E-state index contributed by atoms with van der Waals surface area (Å²) in [5.74, 6) is 0. The van der Waals surface area contributed by atoms with E-state index in [1.54, 1.807) is 12.2 Å². The number of allylic oxidation sites excluding steroid dienone is 2. The van der Waals surface area contributed by atoms with Crippen LogP contribution in [-0.4, -0.2) is 0 Å². The van der Waals surface area contributed by atoms with E-state index < -0.39 is 0 Å². The van der Waals surface area contributed by atoms with Crippen LogP contribution in [0.4, 0.5) is 0 Å². The van der Waals surface area contributed by atoms with E-state index in [0.717, 1.165) is 0 Å². The summed E-state index contributed by atoms with van der Waals surface area (Å²) in [7, 11) is 0. The molecule has 0 atom stereocenters. The van der Waals surface area contributed by atoms with Crippen LogP contribution in [0.15, 0.2) is 12.2 Å². The minimum Gasteiger partial charge on any atom is -0.450 e. The molecule has 0 spiro atoms. The molecule has 0 fully saturated rings. The van der Waals surface area contributed by atoms with Crippen LogP contribution in [0.5, 0.6) is 0 Å². The van der Waals surface area contributed by atoms with Gasteiger partial charge in [-0.15, -0.1) is 0 Å². The van der Waals surface area contributed by atoms with Crippen molar-refractivity contribution in [2.45, 2.75) is 13.8 Å². The van der Waals surface area contributed by atoms with Gasteiger partial charge < -0.3 is 4.74 Å². The summed E-state index contributed by atoms with van der Waals surface area (Å²) in [6.45, 7) is 3.79. The fraction of sp³-hybridized carbons (Fsp3) is 0.250. The van der Waals surface area contributed by atoms with Gasteiger partial charge in [0.1, 0.15) is 0 Å². The molecule has 0 saturated heterocycles. The topological polar surface area (TPSA) is 9.23 Å². The van der Waals surface area contributed by atoms with Crippen molar-refractivity contribution >= 4 is 0 Å². The smallest absolute Gasteiger partial charge is 0.166 e. The van der Waals surface area contributed by atoms with Crippen molar-refractivity contribution < 1.29 is 4.74 Å². The first-order valence-electron chi connectivity index (χ1n) is 2.81. The van der Waals surface area contributed by atoms with Crippen molar-refractivity contribution in [3.63, 3.8) is 0 Å². The van der Waals surface area contributed by atoms with Crippen molar-refractivity contribution in [1.82, 2.24) is 0 Å². The van der Waals surface area contributed by atoms with Gasteiger partial charge in [0.15, 0.2) is 12.5 Å². The molecule has 0 aromatic rings. The van der Waals surface area contributed by atoms with E-state index >= 15 is 0 Å². The Morgan fingerprint density at radius 2 is 1.44 bits per heavy atom. The molecule has 0 rings (SSSR count). The Hall–Kier alpha value is -0.720. The lowest BCUT2D eigenvalue weighted by atomic mass is 10.5. The first-order chi connectivity index (χ1) is 4.41. The minimum absolute atomic E-state index is 1.68. The number of ether oxygens (including phenoxy) is 1. The molecule has 0 bridgehead atoms. The van der Waals surface area contributed by atoms with Gasteiger partial charge in [0, 0.05) is 0 Å². The Morgan fingerprint density at radius 1 is 1.00 bits per heavy atom. The summed E-state index contributed by atoms with van der Waals surface area (Å²) < 4.78 is 4.64. The number of hydrogen-bond donors (Lipinski definition) is 0. The Kier molecular flexibility index (Phi) is 6.70. The van der Waals surface area contributed by atoms with Crippen molar-refractivity contribution in [1.29, 1.82) is 0 Å². The first-order valence-corrected chi connectivity index (χ1v) is 2.81. The lowest BCUT2D eigenvalue weighted by Crippen LogP contribution is -1.67. The van der Waals surface area contributed by atoms with Crippen molar-refractivity contribution in [2.24, 2.45) is 0 Å². The maximum absolute atomic E-state index is 4.64. The molecule has 0 aliphatic heterocycles. The summed E-state index contributed by atoms with van der Waals surface area (Å²) in [4.78, 5) is 0. The van der Waals surface area contributed by atoms with Gasteiger partial charge in [-0.1, -0.05) is 13.8 Å². The van der Waals surface area contributed by atoms with E-state index in [2.05, 4.69) is 17.3 Å². The van der Waals surface area contributed by atoms with Crippen LogP contribution in [0.2, 0.25) is 0 Å². The third-order valence-electron chi connectivity index (χ3n) is 0.587. The zero-order valence-electron chi connectivity index (χ0n) is 5.72. The highest BCUT2D eigenvalue weighted by Gasteiger charge is 1.70. The SMILES string of the molecule is C[CH]/C=[C]\O/[C]=C\[CH]C. The Balaban J connectivity index is 3.08. The monoisotopic (exact) mass is 122 g/mol. The Bertz CT molecular complexity index is 80.7. The standard InChI is InChI=1S/C8H10O/c1-3-5-7-9-8-6-4-2/h3-6H,1-2H3. The molecule has 1 nitrogen and oxygen atoms in total. The summed E-state index contributed by atoms with van der Waals surface area (Å²) in [6.07, 6.45) is 12.1. The maximum atomic E-state index is 4.64. The average Bonchev–Trinajstić information content (AvgIpc) is 1.89. The molecule has 0 amide bonds. The van der Waals surface area contributed by atoms with Gasteiger partial charge in [-0.25, -0.2) is 0 Å². The number of hydrogen-bond acceptors (Lipinski definition) is 1. The summed E-state index contributed by atoms with van der Waals surface area (Å²) in [5, 5.41) is 0. The van der Waals surface area contributed by atoms with Crippen molar-refractivity contribution in [2.75, 3.05) is 0 Å². The molecule has 0 aliphatic carbocycles. The van der Waals surface area contributed by atoms with Crippen LogP contribution in [0.1, 0.15) is 13.8 Å². The average molecular weight is 122 g/mol. The third kappa shape index (κ3) is 7.28. The molecule has 0 N–H and O–H groups in total. The molecule has 0 unspecified atom stereocenters. The predicted octanol–water partition coefficient (Wildman–Crippen LogP) is 2.09. The van der Waals surface area contributed by atoms with Crippen LogP contribution in [0, 0.1) is 25.4 Å². The molecule has 9 heavy (non-hydrogen) atoms. The summed E-state index contributed by atoms with van der Waals surface area (Å²) in [6, 6.07) is 0. The summed E-state index contributed by atoms with van der Waals surface area (Å²) in [5.41, 5.74) is 0. The van der Waals surface area contributed by atoms with Crippen molar-refractivity contribution in [3.8, 4) is 0 Å². The first kappa shape index (κ1) is 8.28. The summed E-state index contributed by atoms with van der Waals surface area (Å²) >= 11 is 0. The highest BCUT2D eigenvalue weighted by atomic mass is 16.5. The van der Waals surface area contributed by atoms with E-state index in [1.807, 2.05) is 26.7 Å². The van der Waals surface area contributed by atoms with Gasteiger partial charge in [0.25, 0.3) is 0 Å². The van der Waals surface area contributed by atoms with Gasteiger partial charge in [-0.05, 0) is 25.0 Å². The maximum Gasteiger partial charge on any atom is 0.166 e. The fourth-order valence-corrected chi connectivity index (χ4v) is 0.238. The van der Waals surface area contributed by atoms with E-state index in [9.17, 15) is 0 Å². The molecule has 0 aliphatic rings. The largest absolute Gasteiger partial charge is 0.450 e. The molecule has 0 saturated carbocycles. The van der Waals surface area contributed by atoms with E-state index in [4.69, 9.17) is 0 Å². The van der Waals surface area contributed by atoms with E-state index in [0.29, 0.717) is 0 Å². The second-order valence-corrected chi connectivity index (χ2v) is 1.34. The lowest BCUT2D eigenvalue weighted by molar-refractivity contribution is 0.348. The molecular weight excluding hydrogens is 112 g/mol. The van der Waals surface area contributed by atoms with Crippen molar-refractivity contribution in [3.05, 3.63) is 37.5 Å². The van der Waals surface area contributed by atoms with Crippen LogP contribution >= 0.6 is 0 Å². The molecule has 48 valence electrons. The molecule has 0 heterocycles. The molecule has 1 heteroatoms. The van der Waals surface area contributed by atoms with Gasteiger partial charge in [0.05, 0.1) is 0 Å². The predicted molar refractivity (Wildman–Crippen MR) is 36.7 cm³/mol. The molecule has 0 aromatic heterocycles. The molecule has 4 radical (unpaired) electrons. The van der Waals surface area contributed by atoms with Gasteiger partial charge in [-0.2, -0.15) is 0 Å². The van der Waals surface area contributed by atoms with E-state index in [-0.39, 0.29) is 0 Å². The third-order valence-corrected chi connectivity index (χ3v) is 0.587. The van der Waals surface area contributed by atoms with Crippen LogP contribution in [0.25, 0.3) is 0 Å². The normalized spacial score (nSPS) is 11.3. The fourth-order valence-electron chi connectivity index (χ4n) is 0.238. The van der Waals surface area contributed by atoms with Crippen LogP contribution in [0.3, 0.4) is 0 Å². The molecular formula is C8H10O. The van der Waals surface area contributed by atoms with Gasteiger partial charge in [-0.3, -0.25) is 0 Å². The number of rotatable bonds is 4. The second-order valence-electron chi connectivity index (χ2n) is 1.34. The van der Waals surface area contributed by atoms with E-state index in [1.165, 1.54) is 0 Å². The van der Waals surface area contributed by atoms with Crippen LogP contribution in [-0.2, 0) is 4.74 Å². The van der Waals surface area contributed by atoms with Crippen LogP contribution < -0.4 is 0 Å². The minimum atomic E-state index is 1.68. The Labute approximate surface area is 57.0 Å². The molecule has 0 aromatic carbocycles. The zero-order valence-corrected chi connectivity index (χ0v) is 5.72. The van der Waals surface area contributed by atoms with Gasteiger partial charge in [0.2, 0.25) is 0 Å². The Morgan fingerprint density at radius 3 is 1.78 bits per heavy atom. The highest BCUT2D eigenvalue weighted by Crippen LogP contribution is 1.81. The zero-order chi connectivity index (χ0) is 6.95. The highest BCUT2D eigenvalue weighted by molar-refractivity contribution is 4.84. The quantitative estimate of drug-likeness (QED) is 0.519.